The van der Waals surface area contributed by atoms with Gasteiger partial charge in [0.15, 0.2) is 0 Å². The summed E-state index contributed by atoms with van der Waals surface area (Å²) in [7, 11) is 0. The van der Waals surface area contributed by atoms with Crippen LogP contribution in [0.3, 0.4) is 0 Å². The molecule has 3 N–H and O–H groups in total. The molecule has 0 aliphatic heterocycles. The highest BCUT2D eigenvalue weighted by Crippen LogP contribution is 2.21. The van der Waals surface area contributed by atoms with E-state index in [1.54, 1.807) is 6.26 Å². The maximum Gasteiger partial charge on any atom is 0.105 e. The highest BCUT2D eigenvalue weighted by atomic mass is 16.3. The third kappa shape index (κ3) is 3.31. The van der Waals surface area contributed by atoms with Crippen LogP contribution < -0.4 is 11.3 Å². The molecular formula is C13H25N3O. The van der Waals surface area contributed by atoms with Crippen molar-refractivity contribution >= 4 is 0 Å². The number of nitrogens with zero attached hydrogens (tertiary/aromatic N) is 1. The molecule has 1 aromatic heterocycles. The van der Waals surface area contributed by atoms with Crippen molar-refractivity contribution in [3.05, 3.63) is 24.2 Å². The molecule has 0 bridgehead atoms. The largest absolute Gasteiger partial charge is 0.469 e. The Balaban J connectivity index is 2.77. The zero-order chi connectivity index (χ0) is 12.9. The molecule has 0 spiro atoms. The summed E-state index contributed by atoms with van der Waals surface area (Å²) >= 11 is 0. The zero-order valence-corrected chi connectivity index (χ0v) is 11.4. The topological polar surface area (TPSA) is 54.4 Å². The number of hydrogen-bond donors (Lipinski definition) is 2. The van der Waals surface area contributed by atoms with Crippen molar-refractivity contribution in [2.24, 2.45) is 5.84 Å². The molecule has 17 heavy (non-hydrogen) atoms. The monoisotopic (exact) mass is 239 g/mol. The summed E-state index contributed by atoms with van der Waals surface area (Å²) in [6.07, 6.45) is 2.50. The third-order valence-corrected chi connectivity index (χ3v) is 3.62. The van der Waals surface area contributed by atoms with Crippen molar-refractivity contribution in [2.45, 2.75) is 45.7 Å². The lowest BCUT2D eigenvalue weighted by Gasteiger charge is -2.43. The predicted octanol–water partition coefficient (Wildman–Crippen LogP) is 1.77. The highest BCUT2D eigenvalue weighted by Gasteiger charge is 2.33. The quantitative estimate of drug-likeness (QED) is 0.562. The van der Waals surface area contributed by atoms with E-state index in [-0.39, 0.29) is 11.6 Å². The van der Waals surface area contributed by atoms with Crippen molar-refractivity contribution in [1.29, 1.82) is 0 Å². The summed E-state index contributed by atoms with van der Waals surface area (Å²) in [6.45, 7) is 10.8. The molecule has 98 valence electrons. The van der Waals surface area contributed by atoms with E-state index < -0.39 is 0 Å². The van der Waals surface area contributed by atoms with Crippen LogP contribution in [-0.4, -0.2) is 29.6 Å². The number of rotatable bonds is 7. The maximum atomic E-state index is 5.70. The van der Waals surface area contributed by atoms with Crippen molar-refractivity contribution in [3.63, 3.8) is 0 Å². The number of hydrogen-bond acceptors (Lipinski definition) is 4. The first-order valence-corrected chi connectivity index (χ1v) is 6.29. The summed E-state index contributed by atoms with van der Waals surface area (Å²) in [5.74, 6) is 6.67. The number of nitrogens with two attached hydrogens (primary N) is 1. The van der Waals surface area contributed by atoms with Gasteiger partial charge >= 0.3 is 0 Å². The number of hydrazine groups is 1. The van der Waals surface area contributed by atoms with Crippen LogP contribution in [-0.2, 0) is 6.42 Å². The van der Waals surface area contributed by atoms with Crippen LogP contribution in [0.2, 0.25) is 0 Å². The number of likely N-dealkylation sites (N-methyl/N-ethyl adjacent to an activating group) is 1. The molecule has 0 fully saturated rings. The average Bonchev–Trinajstić information content (AvgIpc) is 2.79. The van der Waals surface area contributed by atoms with Crippen LogP contribution in [0, 0.1) is 0 Å². The van der Waals surface area contributed by atoms with Crippen molar-refractivity contribution in [1.82, 2.24) is 10.3 Å². The zero-order valence-electron chi connectivity index (χ0n) is 11.4. The van der Waals surface area contributed by atoms with Gasteiger partial charge < -0.3 is 4.42 Å². The van der Waals surface area contributed by atoms with Crippen LogP contribution in [0.5, 0.6) is 0 Å². The Bertz CT molecular complexity index is 304. The van der Waals surface area contributed by atoms with Gasteiger partial charge in [0.2, 0.25) is 0 Å². The lowest BCUT2D eigenvalue weighted by atomic mass is 9.89. The second-order valence-corrected chi connectivity index (χ2v) is 4.83. The molecule has 4 nitrogen and oxygen atoms in total. The Hall–Kier alpha value is -0.840. The molecule has 0 amide bonds. The fraction of sp³-hybridized carbons (Fsp3) is 0.692. The summed E-state index contributed by atoms with van der Waals surface area (Å²) in [5.41, 5.74) is 2.92. The minimum Gasteiger partial charge on any atom is -0.469 e. The van der Waals surface area contributed by atoms with E-state index >= 15 is 0 Å². The lowest BCUT2D eigenvalue weighted by Crippen LogP contribution is -2.60. The van der Waals surface area contributed by atoms with Gasteiger partial charge in [0, 0.05) is 18.0 Å². The molecule has 4 heteroatoms. The van der Waals surface area contributed by atoms with Gasteiger partial charge in [-0.3, -0.25) is 16.2 Å². The Labute approximate surface area is 104 Å². The van der Waals surface area contributed by atoms with Crippen LogP contribution in [0.15, 0.2) is 22.8 Å². The molecule has 1 atom stereocenters. The van der Waals surface area contributed by atoms with Crippen molar-refractivity contribution in [3.8, 4) is 0 Å². The maximum absolute atomic E-state index is 5.70. The normalized spacial score (nSPS) is 14.2. The minimum atomic E-state index is -0.00889. The van der Waals surface area contributed by atoms with E-state index in [9.17, 15) is 0 Å². The Morgan fingerprint density at radius 1 is 1.41 bits per heavy atom. The molecule has 0 aliphatic carbocycles. The molecule has 0 saturated heterocycles. The summed E-state index contributed by atoms with van der Waals surface area (Å²) in [5, 5.41) is 0. The van der Waals surface area contributed by atoms with Crippen LogP contribution in [0.25, 0.3) is 0 Å². The standard InChI is InChI=1S/C13H25N3O/c1-5-16(6-2)13(3,4)12(15-14)10-11-8-7-9-17-11/h7-9,12,15H,5-6,10,14H2,1-4H3. The SMILES string of the molecule is CCN(CC)C(C)(C)C(Cc1ccco1)NN. The summed E-state index contributed by atoms with van der Waals surface area (Å²) in [4.78, 5) is 2.40. The average molecular weight is 239 g/mol. The number of furan rings is 1. The molecule has 1 rings (SSSR count). The van der Waals surface area contributed by atoms with E-state index in [1.807, 2.05) is 12.1 Å². The molecular weight excluding hydrogens is 214 g/mol. The highest BCUT2D eigenvalue weighted by molar-refractivity contribution is 5.04. The summed E-state index contributed by atoms with van der Waals surface area (Å²) in [6, 6.07) is 4.06. The van der Waals surface area contributed by atoms with E-state index in [0.29, 0.717) is 0 Å². The molecule has 1 aromatic rings. The van der Waals surface area contributed by atoms with Gasteiger partial charge in [0.1, 0.15) is 5.76 Å². The van der Waals surface area contributed by atoms with Gasteiger partial charge in [-0.25, -0.2) is 0 Å². The Kier molecular flexibility index (Phi) is 5.18. The Morgan fingerprint density at radius 2 is 2.06 bits per heavy atom. The van der Waals surface area contributed by atoms with Gasteiger partial charge in [-0.2, -0.15) is 0 Å². The van der Waals surface area contributed by atoms with Gasteiger partial charge in [0.25, 0.3) is 0 Å². The third-order valence-electron chi connectivity index (χ3n) is 3.62. The van der Waals surface area contributed by atoms with Gasteiger partial charge in [-0.05, 0) is 39.1 Å². The van der Waals surface area contributed by atoms with E-state index in [0.717, 1.165) is 25.3 Å². The molecule has 0 aliphatic rings. The molecule has 0 saturated carbocycles. The second-order valence-electron chi connectivity index (χ2n) is 4.83. The number of nitrogens with one attached hydrogen (secondary N) is 1. The van der Waals surface area contributed by atoms with Crippen LogP contribution in [0.1, 0.15) is 33.5 Å². The fourth-order valence-electron chi connectivity index (χ4n) is 2.40. The lowest BCUT2D eigenvalue weighted by molar-refractivity contribution is 0.0890. The van der Waals surface area contributed by atoms with Crippen LogP contribution in [0.4, 0.5) is 0 Å². The van der Waals surface area contributed by atoms with Crippen molar-refractivity contribution in [2.75, 3.05) is 13.1 Å². The van der Waals surface area contributed by atoms with E-state index in [1.165, 1.54) is 0 Å². The first-order chi connectivity index (χ1) is 8.06. The van der Waals surface area contributed by atoms with E-state index in [4.69, 9.17) is 10.3 Å². The smallest absolute Gasteiger partial charge is 0.105 e. The first-order valence-electron chi connectivity index (χ1n) is 6.29. The molecule has 0 aromatic carbocycles. The second kappa shape index (κ2) is 6.19. The summed E-state index contributed by atoms with van der Waals surface area (Å²) < 4.78 is 5.39. The van der Waals surface area contributed by atoms with Crippen molar-refractivity contribution < 1.29 is 4.42 Å². The van der Waals surface area contributed by atoms with Gasteiger partial charge in [-0.15, -0.1) is 0 Å². The van der Waals surface area contributed by atoms with Crippen LogP contribution >= 0.6 is 0 Å². The van der Waals surface area contributed by atoms with E-state index in [2.05, 4.69) is 38.0 Å². The Morgan fingerprint density at radius 3 is 2.47 bits per heavy atom. The van der Waals surface area contributed by atoms with Gasteiger partial charge in [0.05, 0.1) is 6.26 Å². The molecule has 1 heterocycles. The molecule has 1 unspecified atom stereocenters. The molecule has 0 radical (unpaired) electrons. The minimum absolute atomic E-state index is 0.00889. The van der Waals surface area contributed by atoms with Gasteiger partial charge in [-0.1, -0.05) is 13.8 Å². The first kappa shape index (κ1) is 14.2. The fourth-order valence-corrected chi connectivity index (χ4v) is 2.40. The predicted molar refractivity (Wildman–Crippen MR) is 70.5 cm³/mol.